The first-order valence-corrected chi connectivity index (χ1v) is 12.2. The van der Waals surface area contributed by atoms with Gasteiger partial charge in [-0.25, -0.2) is 4.98 Å². The number of aromatic nitrogens is 1. The van der Waals surface area contributed by atoms with Crippen molar-refractivity contribution in [1.29, 1.82) is 0 Å². The molecule has 0 spiro atoms. The number of nitrogens with one attached hydrogen (secondary N) is 2. The molecule has 1 saturated heterocycles. The second-order valence-corrected chi connectivity index (χ2v) is 9.54. The molecule has 0 atom stereocenters. The van der Waals surface area contributed by atoms with E-state index in [1.807, 2.05) is 14.0 Å². The van der Waals surface area contributed by atoms with E-state index in [9.17, 15) is 4.79 Å². The normalized spacial score (nSPS) is 23.9. The van der Waals surface area contributed by atoms with E-state index in [-0.39, 0.29) is 11.9 Å². The number of thiazole rings is 1. The van der Waals surface area contributed by atoms with Gasteiger partial charge in [0.15, 0.2) is 5.96 Å². The fourth-order valence-electron chi connectivity index (χ4n) is 4.42. The third kappa shape index (κ3) is 6.94. The molecule has 0 radical (unpaired) electrons. The molecule has 1 aromatic rings. The fraction of sp³-hybridized carbons (Fsp3) is 0.773. The average Bonchev–Trinajstić information content (AvgIpc) is 3.17. The first kappa shape index (κ1) is 23.0. The summed E-state index contributed by atoms with van der Waals surface area (Å²) in [4.78, 5) is 23.4. The highest BCUT2D eigenvalue weighted by Gasteiger charge is 2.28. The summed E-state index contributed by atoms with van der Waals surface area (Å²) in [6, 6.07) is 0.380. The van der Waals surface area contributed by atoms with Crippen molar-refractivity contribution in [3.63, 3.8) is 0 Å². The molecular weight excluding hydrogens is 398 g/mol. The van der Waals surface area contributed by atoms with Crippen molar-refractivity contribution in [3.05, 3.63) is 16.1 Å². The van der Waals surface area contributed by atoms with E-state index in [1.54, 1.807) is 11.3 Å². The van der Waals surface area contributed by atoms with Crippen molar-refractivity contribution in [2.75, 3.05) is 33.3 Å². The molecule has 1 aliphatic heterocycles. The zero-order chi connectivity index (χ0) is 21.3. The van der Waals surface area contributed by atoms with Crippen molar-refractivity contribution in [2.45, 2.75) is 65.0 Å². The number of carbonyl (C=O) groups is 1. The standard InChI is InChI=1S/C22H37N5O2S/c1-4-29-21(28)18-5-7-19(8-6-18)26-22(23-3)24-13-17-9-11-27(12-10-17)14-20-15-30-16(2)25-20/h15,17-19H,4-14H2,1-3H3,(H2,23,24,26). The number of hydrogen-bond donors (Lipinski definition) is 2. The van der Waals surface area contributed by atoms with Crippen molar-refractivity contribution in [3.8, 4) is 0 Å². The number of piperidine rings is 1. The predicted molar refractivity (Wildman–Crippen MR) is 122 cm³/mol. The number of hydrogen-bond acceptors (Lipinski definition) is 6. The smallest absolute Gasteiger partial charge is 0.308 e. The molecule has 8 heteroatoms. The van der Waals surface area contributed by atoms with E-state index >= 15 is 0 Å². The summed E-state index contributed by atoms with van der Waals surface area (Å²) in [5.74, 6) is 1.59. The largest absolute Gasteiger partial charge is 0.466 e. The van der Waals surface area contributed by atoms with Crippen molar-refractivity contribution in [1.82, 2.24) is 20.5 Å². The molecule has 1 aromatic heterocycles. The van der Waals surface area contributed by atoms with Crippen LogP contribution in [0.25, 0.3) is 0 Å². The molecule has 1 aliphatic carbocycles. The minimum absolute atomic E-state index is 0.0327. The van der Waals surface area contributed by atoms with Crippen molar-refractivity contribution >= 4 is 23.3 Å². The topological polar surface area (TPSA) is 78.8 Å². The van der Waals surface area contributed by atoms with E-state index in [2.05, 4.69) is 37.8 Å². The lowest BCUT2D eigenvalue weighted by Gasteiger charge is -2.32. The Morgan fingerprint density at radius 2 is 2.00 bits per heavy atom. The third-order valence-corrected chi connectivity index (χ3v) is 7.05. The number of ether oxygens (including phenoxy) is 1. The lowest BCUT2D eigenvalue weighted by atomic mass is 9.86. The number of likely N-dealkylation sites (tertiary alicyclic amines) is 1. The molecule has 168 valence electrons. The fourth-order valence-corrected chi connectivity index (χ4v) is 5.02. The van der Waals surface area contributed by atoms with Crippen LogP contribution < -0.4 is 10.6 Å². The highest BCUT2D eigenvalue weighted by molar-refractivity contribution is 7.09. The number of aryl methyl sites for hydroxylation is 1. The summed E-state index contributed by atoms with van der Waals surface area (Å²) >= 11 is 1.73. The van der Waals surface area contributed by atoms with Crippen LogP contribution in [0.4, 0.5) is 0 Å². The Hall–Kier alpha value is -1.67. The highest BCUT2D eigenvalue weighted by atomic mass is 32.1. The summed E-state index contributed by atoms with van der Waals surface area (Å²) in [5.41, 5.74) is 1.20. The van der Waals surface area contributed by atoms with Crippen LogP contribution in [-0.4, -0.2) is 61.1 Å². The summed E-state index contributed by atoms with van der Waals surface area (Å²) in [6.07, 6.45) is 6.17. The van der Waals surface area contributed by atoms with Crippen LogP contribution in [0.2, 0.25) is 0 Å². The quantitative estimate of drug-likeness (QED) is 0.389. The minimum atomic E-state index is -0.0327. The molecule has 2 fully saturated rings. The maximum absolute atomic E-state index is 11.9. The molecule has 2 heterocycles. The van der Waals surface area contributed by atoms with Gasteiger partial charge < -0.3 is 15.4 Å². The van der Waals surface area contributed by atoms with Crippen LogP contribution in [0.3, 0.4) is 0 Å². The maximum atomic E-state index is 11.9. The van der Waals surface area contributed by atoms with Crippen molar-refractivity contribution in [2.24, 2.45) is 16.8 Å². The molecule has 0 amide bonds. The molecule has 1 saturated carbocycles. The van der Waals surface area contributed by atoms with E-state index in [4.69, 9.17) is 4.74 Å². The Balaban J connectivity index is 1.33. The van der Waals surface area contributed by atoms with Crippen LogP contribution in [0, 0.1) is 18.8 Å². The summed E-state index contributed by atoms with van der Waals surface area (Å²) in [5, 5.41) is 10.4. The van der Waals surface area contributed by atoms with Gasteiger partial charge in [0.1, 0.15) is 0 Å². The molecule has 0 unspecified atom stereocenters. The Kier molecular flexibility index (Phi) is 8.93. The van der Waals surface area contributed by atoms with E-state index < -0.39 is 0 Å². The molecule has 30 heavy (non-hydrogen) atoms. The van der Waals surface area contributed by atoms with Crippen molar-refractivity contribution < 1.29 is 9.53 Å². The van der Waals surface area contributed by atoms with E-state index in [1.165, 1.54) is 18.5 Å². The van der Waals surface area contributed by atoms with Gasteiger partial charge in [-0.15, -0.1) is 11.3 Å². The second kappa shape index (κ2) is 11.6. The number of rotatable bonds is 7. The van der Waals surface area contributed by atoms with Gasteiger partial charge in [-0.1, -0.05) is 0 Å². The second-order valence-electron chi connectivity index (χ2n) is 8.48. The molecule has 0 bridgehead atoms. The summed E-state index contributed by atoms with van der Waals surface area (Å²) < 4.78 is 5.16. The van der Waals surface area contributed by atoms with Gasteiger partial charge >= 0.3 is 5.97 Å². The predicted octanol–water partition coefficient (Wildman–Crippen LogP) is 2.95. The Morgan fingerprint density at radius 1 is 1.27 bits per heavy atom. The molecule has 2 aliphatic rings. The maximum Gasteiger partial charge on any atom is 0.308 e. The number of nitrogens with zero attached hydrogens (tertiary/aromatic N) is 3. The Morgan fingerprint density at radius 3 is 2.60 bits per heavy atom. The van der Waals surface area contributed by atoms with Crippen LogP contribution in [0.15, 0.2) is 10.4 Å². The van der Waals surface area contributed by atoms with Crippen LogP contribution >= 0.6 is 11.3 Å². The summed E-state index contributed by atoms with van der Waals surface area (Å²) in [7, 11) is 1.83. The molecular formula is C22H37N5O2S. The van der Waals surface area contributed by atoms with Gasteiger partial charge in [0.05, 0.1) is 23.2 Å². The van der Waals surface area contributed by atoms with E-state index in [0.717, 1.165) is 62.8 Å². The highest BCUT2D eigenvalue weighted by Crippen LogP contribution is 2.25. The van der Waals surface area contributed by atoms with Gasteiger partial charge in [-0.05, 0) is 71.4 Å². The minimum Gasteiger partial charge on any atom is -0.466 e. The number of carbonyl (C=O) groups excluding carboxylic acids is 1. The van der Waals surface area contributed by atoms with E-state index in [0.29, 0.717) is 18.6 Å². The summed E-state index contributed by atoms with van der Waals surface area (Å²) in [6.45, 7) is 8.60. The SMILES string of the molecule is CCOC(=O)C1CCC(NC(=NC)NCC2CCN(Cc3csc(C)n3)CC2)CC1. The third-order valence-electron chi connectivity index (χ3n) is 6.23. The number of esters is 1. The molecule has 3 rings (SSSR count). The van der Waals surface area contributed by atoms with Gasteiger partial charge in [0.2, 0.25) is 0 Å². The first-order valence-electron chi connectivity index (χ1n) is 11.3. The van der Waals surface area contributed by atoms with Gasteiger partial charge in [0.25, 0.3) is 0 Å². The molecule has 2 N–H and O–H groups in total. The molecule has 0 aromatic carbocycles. The zero-order valence-corrected chi connectivity index (χ0v) is 19.5. The number of aliphatic imine (C=N–C) groups is 1. The van der Waals surface area contributed by atoms with Gasteiger partial charge in [-0.2, -0.15) is 0 Å². The van der Waals surface area contributed by atoms with Crippen LogP contribution in [0.1, 0.15) is 56.2 Å². The van der Waals surface area contributed by atoms with Gasteiger partial charge in [0, 0.05) is 31.6 Å². The Bertz CT molecular complexity index is 691. The Labute approximate surface area is 184 Å². The molecule has 7 nitrogen and oxygen atoms in total. The lowest BCUT2D eigenvalue weighted by Crippen LogP contribution is -2.47. The van der Waals surface area contributed by atoms with Crippen LogP contribution in [-0.2, 0) is 16.1 Å². The lowest BCUT2D eigenvalue weighted by molar-refractivity contribution is -0.149. The number of guanidine groups is 1. The van der Waals surface area contributed by atoms with Crippen LogP contribution in [0.5, 0.6) is 0 Å². The average molecular weight is 436 g/mol. The zero-order valence-electron chi connectivity index (χ0n) is 18.7. The first-order chi connectivity index (χ1) is 14.6. The monoisotopic (exact) mass is 435 g/mol. The van der Waals surface area contributed by atoms with Gasteiger partial charge in [-0.3, -0.25) is 14.7 Å².